The van der Waals surface area contributed by atoms with Gasteiger partial charge in [-0.3, -0.25) is 9.59 Å². The number of aromatic nitrogens is 4. The van der Waals surface area contributed by atoms with Gasteiger partial charge in [0.05, 0.1) is 62.7 Å². The van der Waals surface area contributed by atoms with Crippen LogP contribution in [0, 0.1) is 11.8 Å². The number of benzene rings is 4. The maximum atomic E-state index is 14.6. The van der Waals surface area contributed by atoms with Crippen LogP contribution in [-0.2, 0) is 30.4 Å². The average molecular weight is 888 g/mol. The Balaban J connectivity index is 0.990. The fourth-order valence-electron chi connectivity index (χ4n) is 9.55. The summed E-state index contributed by atoms with van der Waals surface area (Å²) in [6.07, 6.45) is 1.93. The number of amides is 4. The van der Waals surface area contributed by atoms with E-state index in [2.05, 4.69) is 26.7 Å². The Morgan fingerprint density at radius 1 is 0.908 bits per heavy atom. The molecule has 0 saturated carbocycles. The number of aromatic amines is 2. The minimum absolute atomic E-state index is 0.0611. The number of H-pyrrole nitrogens is 2. The number of methoxy groups -OCH3 is 3. The van der Waals surface area contributed by atoms with Crippen molar-refractivity contribution in [3.05, 3.63) is 102 Å². The van der Waals surface area contributed by atoms with Gasteiger partial charge in [0, 0.05) is 36.6 Å². The van der Waals surface area contributed by atoms with Crippen molar-refractivity contribution in [1.29, 1.82) is 0 Å². The highest BCUT2D eigenvalue weighted by Gasteiger charge is 2.43. The molecule has 6 atom stereocenters. The van der Waals surface area contributed by atoms with Gasteiger partial charge in [-0.05, 0) is 84.0 Å². The van der Waals surface area contributed by atoms with Gasteiger partial charge in [0.15, 0.2) is 0 Å². The van der Waals surface area contributed by atoms with Gasteiger partial charge in [-0.1, -0.05) is 62.3 Å². The molecule has 0 spiro atoms. The van der Waals surface area contributed by atoms with Gasteiger partial charge in [-0.2, -0.15) is 0 Å². The van der Waals surface area contributed by atoms with E-state index in [-0.39, 0.29) is 48.5 Å². The van der Waals surface area contributed by atoms with Crippen molar-refractivity contribution >= 4 is 45.8 Å². The van der Waals surface area contributed by atoms with E-state index in [1.54, 1.807) is 13.3 Å². The molecular formula is C49H54N8O8. The number of nitrogens with one attached hydrogen (secondary N) is 4. The molecule has 0 bridgehead atoms. The molecule has 65 heavy (non-hydrogen) atoms. The van der Waals surface area contributed by atoms with E-state index in [9.17, 15) is 19.2 Å². The van der Waals surface area contributed by atoms with Crippen LogP contribution in [0.5, 0.6) is 5.75 Å². The number of imidazole rings is 2. The lowest BCUT2D eigenvalue weighted by Crippen LogP contribution is -2.52. The molecule has 3 aliphatic rings. The number of carbonyl (C=O) groups is 4. The number of ether oxygens (including phenoxy) is 4. The van der Waals surface area contributed by atoms with E-state index in [1.165, 1.54) is 12.0 Å². The third-order valence-corrected chi connectivity index (χ3v) is 12.8. The van der Waals surface area contributed by atoms with Crippen molar-refractivity contribution < 1.29 is 45.0 Å². The van der Waals surface area contributed by atoms with Crippen molar-refractivity contribution in [1.82, 2.24) is 40.4 Å². The summed E-state index contributed by atoms with van der Waals surface area (Å²) in [5, 5.41) is 7.00. The zero-order valence-corrected chi connectivity index (χ0v) is 37.0. The topological polar surface area (TPSA) is 193 Å². The van der Waals surface area contributed by atoms with Gasteiger partial charge >= 0.3 is 12.2 Å². The minimum Gasteiger partial charge on any atom is -0.488 e. The first-order valence-electron chi connectivity index (χ1n) is 24.2. The van der Waals surface area contributed by atoms with Gasteiger partial charge in [0.2, 0.25) is 5.91 Å². The molecule has 16 nitrogen and oxygen atoms in total. The Bertz CT molecular complexity index is 3040. The highest BCUT2D eigenvalue weighted by atomic mass is 16.5. The van der Waals surface area contributed by atoms with Crippen LogP contribution in [-0.4, -0.2) is 100 Å². The lowest BCUT2D eigenvalue weighted by atomic mass is 9.92. The van der Waals surface area contributed by atoms with Gasteiger partial charge in [-0.25, -0.2) is 19.6 Å². The molecular weight excluding hydrogens is 829 g/mol. The second-order valence-electron chi connectivity index (χ2n) is 17.2. The van der Waals surface area contributed by atoms with Crippen molar-refractivity contribution in [3.63, 3.8) is 0 Å². The van der Waals surface area contributed by atoms with Crippen LogP contribution in [0.2, 0.25) is 0 Å². The molecule has 3 aliphatic heterocycles. The molecule has 0 radical (unpaired) electrons. The average Bonchev–Trinajstić information content (AvgIpc) is 4.19. The second-order valence-corrected chi connectivity index (χ2v) is 17.2. The maximum Gasteiger partial charge on any atom is 0.407 e. The fourth-order valence-corrected chi connectivity index (χ4v) is 9.55. The number of hydrogen-bond acceptors (Lipinski definition) is 10. The summed E-state index contributed by atoms with van der Waals surface area (Å²) in [7, 11) is 3.94. The summed E-state index contributed by atoms with van der Waals surface area (Å²) in [6, 6.07) is 7.59. The van der Waals surface area contributed by atoms with E-state index < -0.39 is 66.4 Å². The molecule has 338 valence electrons. The number of carbonyl (C=O) groups excluding carboxylic acids is 4. The number of alkyl carbamates (subject to hydrolysis) is 2. The van der Waals surface area contributed by atoms with Crippen molar-refractivity contribution in [3.8, 4) is 28.1 Å². The Hall–Kier alpha value is -6.94. The predicted octanol–water partition coefficient (Wildman–Crippen LogP) is 7.73. The largest absolute Gasteiger partial charge is 0.488 e. The van der Waals surface area contributed by atoms with Crippen LogP contribution in [0.25, 0.3) is 44.2 Å². The summed E-state index contributed by atoms with van der Waals surface area (Å²) in [6.45, 7) is 6.57. The molecule has 0 unspecified atom stereocenters. The van der Waals surface area contributed by atoms with Crippen LogP contribution >= 0.6 is 0 Å². The van der Waals surface area contributed by atoms with Gasteiger partial charge in [-0.15, -0.1) is 0 Å². The van der Waals surface area contributed by atoms with Crippen LogP contribution in [0.15, 0.2) is 78.9 Å². The Labute approximate surface area is 383 Å². The predicted molar refractivity (Wildman–Crippen MR) is 243 cm³/mol. The Morgan fingerprint density at radius 3 is 2.45 bits per heavy atom. The molecule has 9 rings (SSSR count). The molecule has 2 aromatic heterocycles. The van der Waals surface area contributed by atoms with E-state index in [0.29, 0.717) is 42.5 Å². The Kier molecular flexibility index (Phi) is 10.3. The van der Waals surface area contributed by atoms with E-state index in [1.807, 2.05) is 62.1 Å². The second kappa shape index (κ2) is 17.9. The summed E-state index contributed by atoms with van der Waals surface area (Å²) < 4.78 is 63.3. The number of nitrogens with zero attached hydrogens (tertiary/aromatic N) is 4. The SMILES string of the molecule is [2H]c1c([2H])c([2H])c([C@@H](NC(=O)OC)C(=O)N2C[C@@H](COC)C[C@H]2c2ncc(-c3ccc4c(c3)COc3cc5c(ccc6[nH]c([C@@H]7CC[C@H](C)N7C(=O)[C@@H](NC(=O)OC)C(C)C)nc65)cc3-4)[nH]2)c([2H])c1[2H]. The highest BCUT2D eigenvalue weighted by Crippen LogP contribution is 2.44. The molecule has 2 fully saturated rings. The van der Waals surface area contributed by atoms with Crippen molar-refractivity contribution in [2.45, 2.75) is 76.8 Å². The quantitative estimate of drug-likeness (QED) is 0.100. The summed E-state index contributed by atoms with van der Waals surface area (Å²) in [5.74, 6) is 0.635. The standard InChI is InChI=1S/C49H54N8O8/c1-26(2)41(54-48(60)63-5)47(59)57-27(3)12-17-38(57)45-51-36-16-14-30-20-35-33-15-13-31(19-32(33)25-65-40(35)21-34(30)43(36)53-45)37-22-50-44(52-37)39-18-28(24-62-4)23-56(39)46(58)42(55-49(61)64-6)29-10-8-7-9-11-29/h7-11,13-16,19-22,26-28,38-39,41-42H,12,17-18,23-25H2,1-6H3,(H,50,52)(H,51,53)(H,54,60)(H,55,61)/t27-,28-,38-,39-,41-,42+/m0/s1/i7D,8D,9D,10D,11D. The molecule has 4 amide bonds. The zero-order valence-electron chi connectivity index (χ0n) is 42.0. The summed E-state index contributed by atoms with van der Waals surface area (Å²) in [4.78, 5) is 73.5. The highest BCUT2D eigenvalue weighted by molar-refractivity contribution is 6.07. The fraction of sp³-hybridized carbons (Fsp3) is 0.388. The normalized spacial score (nSPS) is 21.1. The van der Waals surface area contributed by atoms with Crippen molar-refractivity contribution in [2.24, 2.45) is 11.8 Å². The van der Waals surface area contributed by atoms with Gasteiger partial charge in [0.25, 0.3) is 5.91 Å². The smallest absolute Gasteiger partial charge is 0.407 e. The van der Waals surface area contributed by atoms with Gasteiger partial charge in [0.1, 0.15) is 36.1 Å². The van der Waals surface area contributed by atoms with Crippen molar-refractivity contribution in [2.75, 3.05) is 34.5 Å². The number of rotatable bonds is 11. The third-order valence-electron chi connectivity index (χ3n) is 12.8. The minimum atomic E-state index is -1.67. The number of hydrogen-bond donors (Lipinski definition) is 4. The number of likely N-dealkylation sites (tertiary alicyclic amines) is 2. The number of fused-ring (bicyclic) bond motifs is 6. The van der Waals surface area contributed by atoms with E-state index in [0.717, 1.165) is 57.6 Å². The molecule has 16 heteroatoms. The molecule has 2 saturated heterocycles. The zero-order chi connectivity index (χ0) is 49.9. The Morgan fingerprint density at radius 2 is 1.69 bits per heavy atom. The lowest BCUT2D eigenvalue weighted by molar-refractivity contribution is -0.137. The van der Waals surface area contributed by atoms with Crippen LogP contribution in [0.3, 0.4) is 0 Å². The maximum absolute atomic E-state index is 14.6. The molecule has 0 aliphatic carbocycles. The molecule has 4 N–H and O–H groups in total. The van der Waals surface area contributed by atoms with Crippen LogP contribution in [0.4, 0.5) is 9.59 Å². The third kappa shape index (κ3) is 8.22. The van der Waals surface area contributed by atoms with Gasteiger partial charge < -0.3 is 49.3 Å². The van der Waals surface area contributed by atoms with E-state index in [4.69, 9.17) is 35.8 Å². The first-order chi connectivity index (χ1) is 33.5. The van der Waals surface area contributed by atoms with Crippen LogP contribution < -0.4 is 15.4 Å². The molecule has 6 aromatic rings. The molecule has 5 heterocycles. The first-order valence-corrected chi connectivity index (χ1v) is 21.7. The van der Waals surface area contributed by atoms with E-state index >= 15 is 0 Å². The monoisotopic (exact) mass is 887 g/mol. The lowest BCUT2D eigenvalue weighted by Gasteiger charge is -2.32. The molecule has 4 aromatic carbocycles. The summed E-state index contributed by atoms with van der Waals surface area (Å²) >= 11 is 0. The van der Waals surface area contributed by atoms with Crippen LogP contribution in [0.1, 0.15) is 87.8 Å². The first kappa shape index (κ1) is 37.4. The summed E-state index contributed by atoms with van der Waals surface area (Å²) in [5.41, 5.74) is 5.55.